The highest BCUT2D eigenvalue weighted by atomic mass is 32.1. The summed E-state index contributed by atoms with van der Waals surface area (Å²) in [6.45, 7) is 5.20. The third kappa shape index (κ3) is 5.32. The molecular weight excluding hydrogens is 342 g/mol. The Kier molecular flexibility index (Phi) is 7.09. The Morgan fingerprint density at radius 1 is 1.19 bits per heavy atom. The van der Waals surface area contributed by atoms with Gasteiger partial charge in [0.15, 0.2) is 5.11 Å². The molecule has 3 rings (SSSR count). The summed E-state index contributed by atoms with van der Waals surface area (Å²) >= 11 is 5.49. The van der Waals surface area contributed by atoms with Gasteiger partial charge in [-0.15, -0.1) is 0 Å². The van der Waals surface area contributed by atoms with Crippen molar-refractivity contribution in [3.63, 3.8) is 0 Å². The van der Waals surface area contributed by atoms with Crippen molar-refractivity contribution in [3.05, 3.63) is 54.0 Å². The Labute approximate surface area is 162 Å². The number of hydrogen-bond acceptors (Lipinski definition) is 3. The smallest absolute Gasteiger partial charge is 0.170 e. The van der Waals surface area contributed by atoms with Crippen molar-refractivity contribution < 1.29 is 4.42 Å². The summed E-state index contributed by atoms with van der Waals surface area (Å²) in [5.41, 5.74) is 2.40. The van der Waals surface area contributed by atoms with Crippen molar-refractivity contribution >= 4 is 23.0 Å². The molecule has 1 atom stereocenters. The van der Waals surface area contributed by atoms with E-state index in [2.05, 4.69) is 52.8 Å². The van der Waals surface area contributed by atoms with Crippen LogP contribution in [0.25, 0.3) is 0 Å². The Hall–Kier alpha value is -1.85. The van der Waals surface area contributed by atoms with Crippen LogP contribution in [-0.2, 0) is 6.42 Å². The molecule has 1 aliphatic heterocycles. The van der Waals surface area contributed by atoms with Gasteiger partial charge in [0.05, 0.1) is 12.3 Å². The number of benzene rings is 1. The topological polar surface area (TPSA) is 40.4 Å². The van der Waals surface area contributed by atoms with Gasteiger partial charge in [0.2, 0.25) is 0 Å². The van der Waals surface area contributed by atoms with Crippen LogP contribution < -0.4 is 10.6 Å². The van der Waals surface area contributed by atoms with E-state index in [1.165, 1.54) is 31.2 Å². The third-order valence-corrected chi connectivity index (χ3v) is 5.19. The predicted molar refractivity (Wildman–Crippen MR) is 112 cm³/mol. The van der Waals surface area contributed by atoms with E-state index in [-0.39, 0.29) is 6.04 Å². The minimum atomic E-state index is 0.226. The summed E-state index contributed by atoms with van der Waals surface area (Å²) in [5, 5.41) is 7.31. The number of nitrogens with one attached hydrogen (secondary N) is 2. The zero-order valence-corrected chi connectivity index (χ0v) is 16.4. The molecule has 0 unspecified atom stereocenters. The van der Waals surface area contributed by atoms with Crippen LogP contribution in [0.4, 0.5) is 5.69 Å². The second kappa shape index (κ2) is 9.74. The van der Waals surface area contributed by atoms with Crippen LogP contribution >= 0.6 is 12.2 Å². The molecule has 0 spiro atoms. The van der Waals surface area contributed by atoms with Gasteiger partial charge in [-0.05, 0) is 80.8 Å². The third-order valence-electron chi connectivity index (χ3n) is 4.94. The maximum atomic E-state index is 5.66. The molecule has 2 aromatic rings. The summed E-state index contributed by atoms with van der Waals surface area (Å²) < 4.78 is 5.66. The molecule has 0 amide bonds. The van der Waals surface area contributed by atoms with E-state index in [4.69, 9.17) is 16.6 Å². The van der Waals surface area contributed by atoms with Crippen molar-refractivity contribution in [3.8, 4) is 0 Å². The molecule has 0 radical (unpaired) electrons. The van der Waals surface area contributed by atoms with Gasteiger partial charge < -0.3 is 15.1 Å². The standard InChI is InChI=1S/C21H29N3OS/c1-2-3-7-17-9-11-18(12-10-17)23-21(26)22-16-19(20-8-6-15-25-20)24-13-4-5-14-24/h6,8-12,15,19H,2-5,7,13-14,16H2,1H3,(H2,22,23,26)/t19-/m1/s1. The van der Waals surface area contributed by atoms with E-state index in [0.29, 0.717) is 5.11 Å². The first-order valence-corrected chi connectivity index (χ1v) is 10.1. The van der Waals surface area contributed by atoms with Crippen LogP contribution in [0.1, 0.15) is 50.0 Å². The van der Waals surface area contributed by atoms with E-state index in [1.54, 1.807) is 6.26 Å². The molecule has 1 aromatic carbocycles. The van der Waals surface area contributed by atoms with E-state index in [1.807, 2.05) is 6.07 Å². The lowest BCUT2D eigenvalue weighted by molar-refractivity contribution is 0.216. The molecule has 0 aliphatic carbocycles. The molecule has 1 saturated heterocycles. The van der Waals surface area contributed by atoms with Gasteiger partial charge >= 0.3 is 0 Å². The second-order valence-electron chi connectivity index (χ2n) is 6.91. The molecule has 0 saturated carbocycles. The first-order valence-electron chi connectivity index (χ1n) is 9.67. The summed E-state index contributed by atoms with van der Waals surface area (Å²) in [7, 11) is 0. The average molecular weight is 372 g/mol. The maximum absolute atomic E-state index is 5.66. The minimum Gasteiger partial charge on any atom is -0.468 e. The zero-order chi connectivity index (χ0) is 18.2. The molecule has 1 aliphatic rings. The minimum absolute atomic E-state index is 0.226. The number of hydrogen-bond donors (Lipinski definition) is 2. The van der Waals surface area contributed by atoms with Crippen molar-refractivity contribution in [1.82, 2.24) is 10.2 Å². The maximum Gasteiger partial charge on any atom is 0.170 e. The normalized spacial score (nSPS) is 15.7. The summed E-state index contributed by atoms with van der Waals surface area (Å²) in [4.78, 5) is 2.47. The van der Waals surface area contributed by atoms with Gasteiger partial charge in [-0.1, -0.05) is 25.5 Å². The highest BCUT2D eigenvalue weighted by Crippen LogP contribution is 2.24. The second-order valence-corrected chi connectivity index (χ2v) is 7.32. The first kappa shape index (κ1) is 18.9. The summed E-state index contributed by atoms with van der Waals surface area (Å²) in [5.74, 6) is 1.00. The van der Waals surface area contributed by atoms with Gasteiger partial charge in [-0.25, -0.2) is 0 Å². The van der Waals surface area contributed by atoms with Gasteiger partial charge in [0.1, 0.15) is 5.76 Å². The van der Waals surface area contributed by atoms with Crippen molar-refractivity contribution in [2.24, 2.45) is 0 Å². The lowest BCUT2D eigenvalue weighted by Gasteiger charge is -2.26. The number of aryl methyl sites for hydroxylation is 1. The Balaban J connectivity index is 1.52. The Bertz CT molecular complexity index is 663. The molecule has 1 fully saturated rings. The fourth-order valence-corrected chi connectivity index (χ4v) is 3.65. The summed E-state index contributed by atoms with van der Waals surface area (Å²) in [6, 6.07) is 12.8. The van der Waals surface area contributed by atoms with Gasteiger partial charge in [0, 0.05) is 12.2 Å². The fraction of sp³-hybridized carbons (Fsp3) is 0.476. The molecule has 2 heterocycles. The largest absolute Gasteiger partial charge is 0.468 e. The van der Waals surface area contributed by atoms with Gasteiger partial charge in [-0.2, -0.15) is 0 Å². The van der Waals surface area contributed by atoms with Gasteiger partial charge in [-0.3, -0.25) is 4.90 Å². The highest BCUT2D eigenvalue weighted by Gasteiger charge is 2.25. The molecule has 2 N–H and O–H groups in total. The van der Waals surface area contributed by atoms with Crippen LogP contribution in [0.2, 0.25) is 0 Å². The molecule has 0 bridgehead atoms. The van der Waals surface area contributed by atoms with E-state index >= 15 is 0 Å². The number of furan rings is 1. The van der Waals surface area contributed by atoms with Crippen LogP contribution in [0.15, 0.2) is 47.1 Å². The Morgan fingerprint density at radius 3 is 2.62 bits per heavy atom. The molecule has 1 aromatic heterocycles. The van der Waals surface area contributed by atoms with Crippen molar-refractivity contribution in [1.29, 1.82) is 0 Å². The number of nitrogens with zero attached hydrogens (tertiary/aromatic N) is 1. The lowest BCUT2D eigenvalue weighted by atomic mass is 10.1. The number of unbranched alkanes of at least 4 members (excludes halogenated alkanes) is 1. The van der Waals surface area contributed by atoms with Crippen LogP contribution in [0, 0.1) is 0 Å². The monoisotopic (exact) mass is 371 g/mol. The molecule has 140 valence electrons. The fourth-order valence-electron chi connectivity index (χ4n) is 3.44. The molecule has 5 heteroatoms. The molecular formula is C21H29N3OS. The lowest BCUT2D eigenvalue weighted by Crippen LogP contribution is -2.38. The van der Waals surface area contributed by atoms with E-state index in [0.717, 1.165) is 37.5 Å². The summed E-state index contributed by atoms with van der Waals surface area (Å²) in [6.07, 6.45) is 7.85. The SMILES string of the molecule is CCCCc1ccc(NC(=S)NC[C@H](c2ccco2)N2CCCC2)cc1. The van der Waals surface area contributed by atoms with Gasteiger partial charge in [0.25, 0.3) is 0 Å². The van der Waals surface area contributed by atoms with E-state index < -0.39 is 0 Å². The number of thiocarbonyl (C=S) groups is 1. The number of likely N-dealkylation sites (tertiary alicyclic amines) is 1. The predicted octanol–water partition coefficient (Wildman–Crippen LogP) is 4.75. The molecule has 26 heavy (non-hydrogen) atoms. The molecule has 4 nitrogen and oxygen atoms in total. The number of rotatable bonds is 8. The van der Waals surface area contributed by atoms with Crippen LogP contribution in [-0.4, -0.2) is 29.6 Å². The highest BCUT2D eigenvalue weighted by molar-refractivity contribution is 7.80. The van der Waals surface area contributed by atoms with E-state index in [9.17, 15) is 0 Å². The van der Waals surface area contributed by atoms with Crippen LogP contribution in [0.3, 0.4) is 0 Å². The zero-order valence-electron chi connectivity index (χ0n) is 15.5. The Morgan fingerprint density at radius 2 is 1.96 bits per heavy atom. The quantitative estimate of drug-likeness (QED) is 0.656. The number of anilines is 1. The van der Waals surface area contributed by atoms with Crippen LogP contribution in [0.5, 0.6) is 0 Å². The van der Waals surface area contributed by atoms with Crippen molar-refractivity contribution in [2.75, 3.05) is 25.0 Å². The average Bonchev–Trinajstić information content (AvgIpc) is 3.36. The van der Waals surface area contributed by atoms with Crippen molar-refractivity contribution in [2.45, 2.75) is 45.1 Å². The first-order chi connectivity index (χ1) is 12.8.